The number of aliphatic hydroxyl groups excluding tert-OH is 1. The lowest BCUT2D eigenvalue weighted by molar-refractivity contribution is -0.139. The van der Waals surface area contributed by atoms with Gasteiger partial charge in [-0.05, 0) is 34.0 Å². The summed E-state index contributed by atoms with van der Waals surface area (Å²) in [6.45, 7) is 0.283. The first kappa shape index (κ1) is 18.8. The summed E-state index contributed by atoms with van der Waals surface area (Å²) in [6.07, 6.45) is -0.924. The lowest BCUT2D eigenvalue weighted by atomic mass is 10.0. The van der Waals surface area contributed by atoms with Crippen LogP contribution in [0.2, 0.25) is 0 Å². The molecule has 29 heavy (non-hydrogen) atoms. The molecule has 0 aliphatic carbocycles. The van der Waals surface area contributed by atoms with Gasteiger partial charge >= 0.3 is 11.8 Å². The van der Waals surface area contributed by atoms with E-state index >= 15 is 0 Å². The first-order valence-corrected chi connectivity index (χ1v) is 9.22. The molecular weight excluding hydrogens is 372 g/mol. The van der Waals surface area contributed by atoms with Crippen molar-refractivity contribution in [2.75, 3.05) is 13.3 Å². The molecule has 1 aliphatic heterocycles. The number of carbonyl (C=O) groups excluding carboxylic acids is 2. The first-order valence-electron chi connectivity index (χ1n) is 9.22. The molecule has 0 radical (unpaired) electrons. The van der Waals surface area contributed by atoms with Gasteiger partial charge in [-0.25, -0.2) is 0 Å². The van der Waals surface area contributed by atoms with Crippen LogP contribution in [0.15, 0.2) is 60.7 Å². The molecule has 7 nitrogen and oxygen atoms in total. The molecule has 0 fully saturated rings. The number of hydrogen-bond donors (Lipinski definition) is 3. The number of carbonyl (C=O) groups is 2. The molecule has 3 aromatic rings. The Morgan fingerprint density at radius 3 is 2.59 bits per heavy atom. The summed E-state index contributed by atoms with van der Waals surface area (Å²) in [4.78, 5) is 24.1. The molecule has 1 aliphatic rings. The van der Waals surface area contributed by atoms with Crippen molar-refractivity contribution >= 4 is 22.6 Å². The Balaban J connectivity index is 1.31. The zero-order chi connectivity index (χ0) is 20.2. The molecule has 0 saturated heterocycles. The van der Waals surface area contributed by atoms with E-state index in [9.17, 15) is 14.7 Å². The first-order chi connectivity index (χ1) is 14.1. The fraction of sp³-hybridized carbons (Fsp3) is 0.182. The Labute approximate surface area is 167 Å². The molecule has 0 spiro atoms. The number of nitrogens with one attached hydrogen (secondary N) is 2. The number of amides is 2. The van der Waals surface area contributed by atoms with Gasteiger partial charge in [0, 0.05) is 13.1 Å². The van der Waals surface area contributed by atoms with Crippen molar-refractivity contribution in [1.82, 2.24) is 10.6 Å². The second kappa shape index (κ2) is 8.20. The van der Waals surface area contributed by atoms with Gasteiger partial charge in [0.2, 0.25) is 6.79 Å². The number of rotatable bonds is 5. The summed E-state index contributed by atoms with van der Waals surface area (Å²) < 4.78 is 10.5. The average molecular weight is 392 g/mol. The van der Waals surface area contributed by atoms with Gasteiger partial charge in [-0.1, -0.05) is 48.5 Å². The molecule has 4 rings (SSSR count). The van der Waals surface area contributed by atoms with Crippen molar-refractivity contribution in [3.8, 4) is 11.5 Å². The predicted octanol–water partition coefficient (Wildman–Crippen LogP) is 2.03. The lowest BCUT2D eigenvalue weighted by Crippen LogP contribution is -2.41. The highest BCUT2D eigenvalue weighted by Gasteiger charge is 2.18. The van der Waals surface area contributed by atoms with Crippen LogP contribution in [-0.2, 0) is 16.1 Å². The molecule has 7 heteroatoms. The van der Waals surface area contributed by atoms with Crippen LogP contribution >= 0.6 is 0 Å². The highest BCUT2D eigenvalue weighted by molar-refractivity contribution is 6.35. The fourth-order valence-corrected chi connectivity index (χ4v) is 3.23. The van der Waals surface area contributed by atoms with Crippen molar-refractivity contribution in [3.63, 3.8) is 0 Å². The van der Waals surface area contributed by atoms with Crippen molar-refractivity contribution in [1.29, 1.82) is 0 Å². The topological polar surface area (TPSA) is 96.9 Å². The van der Waals surface area contributed by atoms with Gasteiger partial charge < -0.3 is 25.2 Å². The Hall–Kier alpha value is -3.58. The molecule has 3 aromatic carbocycles. The number of aliphatic hydroxyl groups is 1. The largest absolute Gasteiger partial charge is 0.454 e. The van der Waals surface area contributed by atoms with Gasteiger partial charge in [-0.3, -0.25) is 9.59 Å². The van der Waals surface area contributed by atoms with Crippen LogP contribution in [-0.4, -0.2) is 30.3 Å². The smallest absolute Gasteiger partial charge is 0.309 e. The van der Waals surface area contributed by atoms with E-state index in [4.69, 9.17) is 9.47 Å². The maximum Gasteiger partial charge on any atom is 0.309 e. The third kappa shape index (κ3) is 4.14. The normalized spacial score (nSPS) is 13.1. The third-order valence-electron chi connectivity index (χ3n) is 4.73. The molecule has 0 aromatic heterocycles. The SMILES string of the molecule is O=C(NCc1ccc2c(c1)OCO2)C(=O)NC[C@@H](O)c1cccc2ccccc12. The summed E-state index contributed by atoms with van der Waals surface area (Å²) in [5.74, 6) is -0.308. The van der Waals surface area contributed by atoms with Crippen LogP contribution in [0.3, 0.4) is 0 Å². The Morgan fingerprint density at radius 2 is 1.69 bits per heavy atom. The minimum absolute atomic E-state index is 0.0652. The highest BCUT2D eigenvalue weighted by atomic mass is 16.7. The van der Waals surface area contributed by atoms with Crippen molar-refractivity contribution in [3.05, 3.63) is 71.8 Å². The van der Waals surface area contributed by atoms with Crippen LogP contribution in [0.4, 0.5) is 0 Å². The van der Waals surface area contributed by atoms with E-state index in [1.807, 2.05) is 36.4 Å². The number of fused-ring (bicyclic) bond motifs is 2. The third-order valence-corrected chi connectivity index (χ3v) is 4.73. The molecule has 1 heterocycles. The summed E-state index contributed by atoms with van der Waals surface area (Å²) in [5, 5.41) is 17.4. The van der Waals surface area contributed by atoms with Crippen LogP contribution in [0, 0.1) is 0 Å². The standard InChI is InChI=1S/C22H20N2O5/c25-18(17-7-3-5-15-4-1-2-6-16(15)17)12-24-22(27)21(26)23-11-14-8-9-19-20(10-14)29-13-28-19/h1-10,18,25H,11-13H2,(H,23,26)(H,24,27)/t18-/m1/s1. The Morgan fingerprint density at radius 1 is 0.931 bits per heavy atom. The van der Waals surface area contributed by atoms with Gasteiger partial charge in [0.15, 0.2) is 11.5 Å². The molecule has 0 unspecified atom stereocenters. The second-order valence-corrected chi connectivity index (χ2v) is 6.66. The predicted molar refractivity (Wildman–Crippen MR) is 106 cm³/mol. The lowest BCUT2D eigenvalue weighted by Gasteiger charge is -2.14. The van der Waals surface area contributed by atoms with Gasteiger partial charge in [0.05, 0.1) is 6.10 Å². The molecule has 0 bridgehead atoms. The van der Waals surface area contributed by atoms with Crippen molar-refractivity contribution < 1.29 is 24.2 Å². The number of ether oxygens (including phenoxy) is 2. The minimum atomic E-state index is -0.924. The zero-order valence-electron chi connectivity index (χ0n) is 15.6. The maximum absolute atomic E-state index is 12.1. The number of benzene rings is 3. The van der Waals surface area contributed by atoms with E-state index in [1.165, 1.54) is 0 Å². The summed E-state index contributed by atoms with van der Waals surface area (Å²) in [7, 11) is 0. The van der Waals surface area contributed by atoms with Gasteiger partial charge in [-0.2, -0.15) is 0 Å². The molecule has 1 atom stereocenters. The Bertz CT molecular complexity index is 1060. The van der Waals surface area contributed by atoms with E-state index in [1.54, 1.807) is 24.3 Å². The molecule has 0 saturated carbocycles. The average Bonchev–Trinajstić information content (AvgIpc) is 3.23. The van der Waals surface area contributed by atoms with Crippen LogP contribution < -0.4 is 20.1 Å². The van der Waals surface area contributed by atoms with Gasteiger partial charge in [0.25, 0.3) is 0 Å². The van der Waals surface area contributed by atoms with Gasteiger partial charge in [-0.15, -0.1) is 0 Å². The monoisotopic (exact) mass is 392 g/mol. The number of hydrogen-bond acceptors (Lipinski definition) is 5. The van der Waals surface area contributed by atoms with Gasteiger partial charge in [0.1, 0.15) is 0 Å². The van der Waals surface area contributed by atoms with Crippen molar-refractivity contribution in [2.45, 2.75) is 12.6 Å². The van der Waals surface area contributed by atoms with Crippen molar-refractivity contribution in [2.24, 2.45) is 0 Å². The van der Waals surface area contributed by atoms with E-state index in [0.717, 1.165) is 16.3 Å². The minimum Gasteiger partial charge on any atom is -0.454 e. The summed E-state index contributed by atoms with van der Waals surface area (Å²) in [5.41, 5.74) is 1.48. The van der Waals surface area contributed by atoms with Crippen LogP contribution in [0.1, 0.15) is 17.2 Å². The summed E-state index contributed by atoms with van der Waals surface area (Å²) in [6, 6.07) is 18.6. The van der Waals surface area contributed by atoms with Crippen LogP contribution in [0.25, 0.3) is 10.8 Å². The van der Waals surface area contributed by atoms with E-state index in [-0.39, 0.29) is 19.9 Å². The van der Waals surface area contributed by atoms with Crippen LogP contribution in [0.5, 0.6) is 11.5 Å². The molecule has 148 valence electrons. The van der Waals surface area contributed by atoms with E-state index < -0.39 is 17.9 Å². The fourth-order valence-electron chi connectivity index (χ4n) is 3.23. The maximum atomic E-state index is 12.1. The molecule has 3 N–H and O–H groups in total. The Kier molecular flexibility index (Phi) is 5.31. The van der Waals surface area contributed by atoms with E-state index in [2.05, 4.69) is 10.6 Å². The second-order valence-electron chi connectivity index (χ2n) is 6.66. The molecular formula is C22H20N2O5. The highest BCUT2D eigenvalue weighted by Crippen LogP contribution is 2.32. The summed E-state index contributed by atoms with van der Waals surface area (Å²) >= 11 is 0. The molecule has 2 amide bonds. The van der Waals surface area contributed by atoms with E-state index in [0.29, 0.717) is 17.1 Å². The zero-order valence-corrected chi connectivity index (χ0v) is 15.6. The quantitative estimate of drug-likeness (QED) is 0.578.